The van der Waals surface area contributed by atoms with Gasteiger partial charge in [-0.3, -0.25) is 8.61 Å². The molecule has 4 heterocycles. The van der Waals surface area contributed by atoms with Crippen molar-refractivity contribution >= 4 is 53.7 Å². The summed E-state index contributed by atoms with van der Waals surface area (Å²) in [6, 6.07) is 45.2. The van der Waals surface area contributed by atoms with Crippen molar-refractivity contribution in [2.75, 3.05) is 22.7 Å². The van der Waals surface area contributed by atoms with E-state index in [1.165, 1.54) is 8.61 Å². The second kappa shape index (κ2) is 16.8. The molecular formula is C50H46N2O10S2. The van der Waals surface area contributed by atoms with E-state index in [1.807, 2.05) is 60.7 Å². The summed E-state index contributed by atoms with van der Waals surface area (Å²) in [6.45, 7) is 0. The van der Waals surface area contributed by atoms with Crippen molar-refractivity contribution < 1.29 is 46.7 Å². The molecule has 2 fully saturated rings. The van der Waals surface area contributed by atoms with E-state index in [2.05, 4.69) is 0 Å². The smallest absolute Gasteiger partial charge is 0.240 e. The van der Waals surface area contributed by atoms with E-state index in [0.717, 1.165) is 44.5 Å². The van der Waals surface area contributed by atoms with E-state index in [-0.39, 0.29) is 35.2 Å². The summed E-state index contributed by atoms with van der Waals surface area (Å²) in [7, 11) is -4.26. The van der Waals surface area contributed by atoms with E-state index in [4.69, 9.17) is 9.47 Å². The molecule has 2 saturated heterocycles. The highest BCUT2D eigenvalue weighted by atomic mass is 32.2. The first kappa shape index (κ1) is 42.7. The number of phenols is 4. The fraction of sp³-hybridized carbons (Fsp3) is 0.200. The number of ether oxygens (including phenoxy) is 2. The molecule has 6 atom stereocenters. The Morgan fingerprint density at radius 1 is 0.406 bits per heavy atom. The maximum atomic E-state index is 13.6. The van der Waals surface area contributed by atoms with Crippen molar-refractivity contribution in [3.8, 4) is 23.0 Å². The van der Waals surface area contributed by atoms with E-state index in [0.29, 0.717) is 24.2 Å². The molecule has 64 heavy (non-hydrogen) atoms. The van der Waals surface area contributed by atoms with Crippen LogP contribution in [-0.2, 0) is 29.5 Å². The van der Waals surface area contributed by atoms with Gasteiger partial charge in [-0.15, -0.1) is 0 Å². The lowest BCUT2D eigenvalue weighted by Gasteiger charge is -2.29. The van der Waals surface area contributed by atoms with Crippen molar-refractivity contribution in [1.82, 2.24) is 0 Å². The number of phenolic OH excluding ortho intramolecular Hbond substituents is 4. The lowest BCUT2D eigenvalue weighted by molar-refractivity contribution is 0.128. The zero-order valence-electron chi connectivity index (χ0n) is 34.8. The van der Waals surface area contributed by atoms with E-state index in [1.54, 1.807) is 111 Å². The van der Waals surface area contributed by atoms with Crippen LogP contribution in [0.1, 0.15) is 35.1 Å². The summed E-state index contributed by atoms with van der Waals surface area (Å²) in [5.74, 6) is 0.597. The fourth-order valence-electron chi connectivity index (χ4n) is 9.26. The van der Waals surface area contributed by atoms with Crippen LogP contribution >= 0.6 is 0 Å². The van der Waals surface area contributed by atoms with Gasteiger partial charge in [0.1, 0.15) is 45.7 Å². The van der Waals surface area contributed by atoms with Crippen LogP contribution in [0, 0.1) is 0 Å². The third-order valence-electron chi connectivity index (χ3n) is 12.5. The van der Waals surface area contributed by atoms with Crippen LogP contribution in [0.5, 0.6) is 23.0 Å². The van der Waals surface area contributed by atoms with Crippen LogP contribution in [0.25, 0.3) is 22.3 Å². The molecule has 14 heteroatoms. The highest BCUT2D eigenvalue weighted by Crippen LogP contribution is 2.53. The minimum Gasteiger partial charge on any atom is -0.508 e. The summed E-state index contributed by atoms with van der Waals surface area (Å²) in [6.07, 6.45) is -1.33. The molecule has 4 aliphatic rings. The Hall–Kier alpha value is -6.58. The average molecular weight is 899 g/mol. The standard InChI is InChI=1S/2C25H23NO5S/c2*1-26(18-5-3-2-4-6-18)32(29,30)22-15-21-23(16-7-11-19(27)12-8-16)24(25(22)31-21)17-9-13-20(28)14-10-17/h2*2-14,21-22,25,27-28H,15H2,1H3/t2*21-,22+,25+/m10/s1. The molecule has 0 spiro atoms. The number of benzene rings is 6. The van der Waals surface area contributed by atoms with Crippen molar-refractivity contribution in [2.45, 2.75) is 47.8 Å². The Bertz CT molecular complexity index is 2740. The highest BCUT2D eigenvalue weighted by molar-refractivity contribution is 7.93. The van der Waals surface area contributed by atoms with Crippen molar-refractivity contribution in [2.24, 2.45) is 0 Å². The lowest BCUT2D eigenvalue weighted by Crippen LogP contribution is -2.42. The maximum absolute atomic E-state index is 13.6. The third-order valence-corrected chi connectivity index (χ3v) is 16.8. The second-order valence-corrected chi connectivity index (χ2v) is 20.5. The molecule has 0 aliphatic carbocycles. The fourth-order valence-corrected chi connectivity index (χ4v) is 12.8. The number of fused-ring (bicyclic) bond motifs is 4. The molecule has 4 aliphatic heterocycles. The molecule has 10 rings (SSSR count). The quantitative estimate of drug-likeness (QED) is 0.105. The number of para-hydroxylation sites is 2. The number of anilines is 2. The normalized spacial score (nSPS) is 22.3. The summed E-state index contributed by atoms with van der Waals surface area (Å²) in [4.78, 5) is 0. The number of aromatic hydroxyl groups is 4. The van der Waals surface area contributed by atoms with Crippen LogP contribution in [-0.4, -0.2) is 86.3 Å². The third kappa shape index (κ3) is 7.76. The summed E-state index contributed by atoms with van der Waals surface area (Å²) in [5, 5.41) is 37.4. The average Bonchev–Trinajstić information content (AvgIpc) is 4.12. The number of sulfonamides is 2. The van der Waals surface area contributed by atoms with Crippen LogP contribution < -0.4 is 8.61 Å². The van der Waals surface area contributed by atoms with E-state index >= 15 is 0 Å². The molecule has 328 valence electrons. The van der Waals surface area contributed by atoms with Crippen molar-refractivity contribution in [1.29, 1.82) is 0 Å². The first-order valence-corrected chi connectivity index (χ1v) is 23.7. The van der Waals surface area contributed by atoms with Gasteiger partial charge in [0.05, 0.1) is 23.6 Å². The van der Waals surface area contributed by atoms with Gasteiger partial charge in [0.25, 0.3) is 0 Å². The first-order valence-electron chi connectivity index (χ1n) is 20.7. The van der Waals surface area contributed by atoms with Gasteiger partial charge in [-0.2, -0.15) is 0 Å². The van der Waals surface area contributed by atoms with Crippen LogP contribution in [0.2, 0.25) is 0 Å². The highest BCUT2D eigenvalue weighted by Gasteiger charge is 2.55. The van der Waals surface area contributed by atoms with Gasteiger partial charge in [0.15, 0.2) is 0 Å². The molecule has 6 aromatic rings. The lowest BCUT2D eigenvalue weighted by atomic mass is 9.83. The molecule has 0 unspecified atom stereocenters. The van der Waals surface area contributed by atoms with Gasteiger partial charge in [-0.25, -0.2) is 16.8 Å². The van der Waals surface area contributed by atoms with E-state index in [9.17, 15) is 37.3 Å². The molecule has 0 radical (unpaired) electrons. The van der Waals surface area contributed by atoms with Crippen molar-refractivity contribution in [3.05, 3.63) is 180 Å². The van der Waals surface area contributed by atoms with Crippen molar-refractivity contribution in [3.63, 3.8) is 0 Å². The Morgan fingerprint density at radius 3 is 0.953 bits per heavy atom. The van der Waals surface area contributed by atoms with Gasteiger partial charge < -0.3 is 29.9 Å². The zero-order valence-corrected chi connectivity index (χ0v) is 36.5. The minimum absolute atomic E-state index is 0.137. The molecule has 0 amide bonds. The van der Waals surface area contributed by atoms with Gasteiger partial charge in [0.2, 0.25) is 20.0 Å². The zero-order chi connectivity index (χ0) is 44.9. The molecule has 4 bridgehead atoms. The SMILES string of the molecule is CN(c1ccccc1)S(=O)(=O)[C@@H]1C[C@@H]2O[C@H]1C(c1ccc(O)cc1)=C2c1ccc(O)cc1.CN(c1ccccc1)S(=O)(=O)[C@H]1C[C@H]2O[C@@H]1C(c1ccc(O)cc1)=C2c1ccc(O)cc1. The first-order chi connectivity index (χ1) is 30.7. The molecule has 12 nitrogen and oxygen atoms in total. The maximum Gasteiger partial charge on any atom is 0.240 e. The van der Waals surface area contributed by atoms with Crippen LogP contribution in [0.4, 0.5) is 11.4 Å². The summed E-state index contributed by atoms with van der Waals surface area (Å²) < 4.78 is 69.5. The Labute approximate surface area is 372 Å². The number of hydrogen-bond acceptors (Lipinski definition) is 10. The van der Waals surface area contributed by atoms with Gasteiger partial charge in [-0.05, 0) is 130 Å². The number of hydrogen-bond donors (Lipinski definition) is 4. The molecule has 6 aromatic carbocycles. The number of nitrogens with zero attached hydrogens (tertiary/aromatic N) is 2. The number of rotatable bonds is 10. The predicted octanol–water partition coefficient (Wildman–Crippen LogP) is 8.03. The molecular weight excluding hydrogens is 853 g/mol. The van der Waals surface area contributed by atoms with E-state index < -0.39 is 42.8 Å². The summed E-state index contributed by atoms with van der Waals surface area (Å²) >= 11 is 0. The Kier molecular flexibility index (Phi) is 11.2. The van der Waals surface area contributed by atoms with Gasteiger partial charge >= 0.3 is 0 Å². The monoisotopic (exact) mass is 898 g/mol. The van der Waals surface area contributed by atoms with Gasteiger partial charge in [0, 0.05) is 14.1 Å². The van der Waals surface area contributed by atoms with Crippen LogP contribution in [0.3, 0.4) is 0 Å². The second-order valence-electron chi connectivity index (χ2n) is 16.2. The largest absolute Gasteiger partial charge is 0.508 e. The minimum atomic E-state index is -3.70. The Balaban J connectivity index is 0.000000162. The molecule has 0 aromatic heterocycles. The summed E-state index contributed by atoms with van der Waals surface area (Å²) in [5.41, 5.74) is 8.04. The van der Waals surface area contributed by atoms with Gasteiger partial charge in [-0.1, -0.05) is 84.9 Å². The Morgan fingerprint density at radius 2 is 0.672 bits per heavy atom. The predicted molar refractivity (Wildman–Crippen MR) is 248 cm³/mol. The topological polar surface area (TPSA) is 174 Å². The molecule has 0 saturated carbocycles. The van der Waals surface area contributed by atoms with Crippen LogP contribution in [0.15, 0.2) is 158 Å². The molecule has 4 N–H and O–H groups in total.